The van der Waals surface area contributed by atoms with Crippen LogP contribution in [0.3, 0.4) is 0 Å². The van der Waals surface area contributed by atoms with Crippen LogP contribution in [0.15, 0.2) is 28.4 Å². The standard InChI is InChI=1S/C12H9ClF2N6OS/c1-6(8-2-3-23-21-8)18-11-16-4-7(5-17-11)9-19-10(22-20-9)12(13,14)15/h2-6H,1H3,(H,16,17,18). The Morgan fingerprint density at radius 2 is 2.09 bits per heavy atom. The van der Waals surface area contributed by atoms with Crippen molar-refractivity contribution in [1.82, 2.24) is 24.5 Å². The number of hydrogen-bond donors (Lipinski definition) is 1. The van der Waals surface area contributed by atoms with Crippen molar-refractivity contribution >= 4 is 29.1 Å². The first kappa shape index (κ1) is 15.7. The first-order chi connectivity index (χ1) is 10.9. The van der Waals surface area contributed by atoms with Crippen LogP contribution in [0.1, 0.15) is 24.6 Å². The van der Waals surface area contributed by atoms with Crippen molar-refractivity contribution in [2.24, 2.45) is 0 Å². The molecule has 0 aromatic carbocycles. The maximum atomic E-state index is 12.8. The van der Waals surface area contributed by atoms with Gasteiger partial charge in [-0.05, 0) is 36.1 Å². The van der Waals surface area contributed by atoms with Crippen LogP contribution < -0.4 is 5.32 Å². The lowest BCUT2D eigenvalue weighted by Gasteiger charge is -2.10. The highest BCUT2D eigenvalue weighted by Gasteiger charge is 2.35. The van der Waals surface area contributed by atoms with Crippen LogP contribution in [0.25, 0.3) is 11.4 Å². The van der Waals surface area contributed by atoms with Crippen LogP contribution >= 0.6 is 23.1 Å². The van der Waals surface area contributed by atoms with Crippen LogP contribution in [-0.2, 0) is 5.38 Å². The molecule has 0 aliphatic rings. The molecule has 0 bridgehead atoms. The quantitative estimate of drug-likeness (QED) is 0.698. The summed E-state index contributed by atoms with van der Waals surface area (Å²) in [4.78, 5) is 11.7. The number of alkyl halides is 3. The summed E-state index contributed by atoms with van der Waals surface area (Å²) in [6, 6.07) is 1.82. The Hall–Kier alpha value is -2.20. The van der Waals surface area contributed by atoms with E-state index >= 15 is 0 Å². The van der Waals surface area contributed by atoms with Crippen LogP contribution in [0.4, 0.5) is 14.7 Å². The van der Waals surface area contributed by atoms with E-state index in [-0.39, 0.29) is 11.9 Å². The number of anilines is 1. The van der Waals surface area contributed by atoms with Crippen LogP contribution in [0.2, 0.25) is 0 Å². The molecule has 0 saturated carbocycles. The van der Waals surface area contributed by atoms with Crippen molar-refractivity contribution in [3.8, 4) is 11.4 Å². The number of nitrogens with one attached hydrogen (secondary N) is 1. The summed E-state index contributed by atoms with van der Waals surface area (Å²) in [5.74, 6) is -0.686. The van der Waals surface area contributed by atoms with E-state index in [4.69, 9.17) is 11.6 Å². The first-order valence-electron chi connectivity index (χ1n) is 6.33. The van der Waals surface area contributed by atoms with Crippen molar-refractivity contribution < 1.29 is 13.3 Å². The fourth-order valence-corrected chi connectivity index (χ4v) is 2.37. The lowest BCUT2D eigenvalue weighted by atomic mass is 10.2. The van der Waals surface area contributed by atoms with Gasteiger partial charge >= 0.3 is 11.3 Å². The molecule has 1 N–H and O–H groups in total. The summed E-state index contributed by atoms with van der Waals surface area (Å²) in [6.45, 7) is 1.92. The normalized spacial score (nSPS) is 13.0. The van der Waals surface area contributed by atoms with Gasteiger partial charge in [-0.15, -0.1) is 0 Å². The van der Waals surface area contributed by atoms with E-state index in [0.717, 1.165) is 5.69 Å². The minimum atomic E-state index is -3.71. The average Bonchev–Trinajstić information content (AvgIpc) is 3.19. The Bertz CT molecular complexity index is 774. The summed E-state index contributed by atoms with van der Waals surface area (Å²) < 4.78 is 34.3. The third kappa shape index (κ3) is 3.59. The van der Waals surface area contributed by atoms with Crippen molar-refractivity contribution in [1.29, 1.82) is 0 Å². The van der Waals surface area contributed by atoms with Gasteiger partial charge in [0, 0.05) is 17.8 Å². The molecule has 0 amide bonds. The van der Waals surface area contributed by atoms with E-state index < -0.39 is 11.3 Å². The molecule has 23 heavy (non-hydrogen) atoms. The molecule has 3 heterocycles. The number of hydrogen-bond acceptors (Lipinski definition) is 8. The predicted molar refractivity (Wildman–Crippen MR) is 79.2 cm³/mol. The summed E-state index contributed by atoms with van der Waals surface area (Å²) >= 11 is 6.17. The third-order valence-corrected chi connectivity index (χ3v) is 3.56. The molecule has 0 aliphatic carbocycles. The predicted octanol–water partition coefficient (Wildman–Crippen LogP) is 3.44. The monoisotopic (exact) mass is 358 g/mol. The second kappa shape index (κ2) is 6.13. The van der Waals surface area contributed by atoms with Gasteiger partial charge < -0.3 is 9.84 Å². The largest absolute Gasteiger partial charge is 0.400 e. The minimum absolute atomic E-state index is 0.0700. The second-order valence-corrected chi connectivity index (χ2v) is 5.65. The third-order valence-electron chi connectivity index (χ3n) is 2.83. The topological polar surface area (TPSA) is 89.6 Å². The minimum Gasteiger partial charge on any atom is -0.346 e. The SMILES string of the molecule is CC(Nc1ncc(-c2noc(C(F)(F)Cl)n2)cn1)c1ccsn1. The van der Waals surface area contributed by atoms with Gasteiger partial charge in [0.1, 0.15) is 0 Å². The van der Waals surface area contributed by atoms with E-state index in [1.54, 1.807) is 0 Å². The van der Waals surface area contributed by atoms with E-state index in [1.807, 2.05) is 18.4 Å². The Labute approximate surface area is 137 Å². The van der Waals surface area contributed by atoms with Gasteiger partial charge in [0.2, 0.25) is 11.8 Å². The van der Waals surface area contributed by atoms with Gasteiger partial charge in [-0.3, -0.25) is 0 Å². The molecule has 3 aromatic rings. The van der Waals surface area contributed by atoms with Crippen LogP contribution in [0.5, 0.6) is 0 Å². The van der Waals surface area contributed by atoms with Crippen molar-refractivity contribution in [2.45, 2.75) is 18.3 Å². The van der Waals surface area contributed by atoms with Gasteiger partial charge in [0.05, 0.1) is 17.3 Å². The highest BCUT2D eigenvalue weighted by Crippen LogP contribution is 2.31. The molecule has 7 nitrogen and oxygen atoms in total. The summed E-state index contributed by atoms with van der Waals surface area (Å²) in [6.07, 6.45) is 2.79. The highest BCUT2D eigenvalue weighted by molar-refractivity contribution is 7.03. The maximum Gasteiger partial charge on any atom is 0.400 e. The molecular formula is C12H9ClF2N6OS. The second-order valence-electron chi connectivity index (χ2n) is 4.51. The Morgan fingerprint density at radius 3 is 2.65 bits per heavy atom. The number of nitrogens with zero attached hydrogens (tertiary/aromatic N) is 5. The number of rotatable bonds is 5. The lowest BCUT2D eigenvalue weighted by molar-refractivity contribution is 0.0551. The zero-order valence-corrected chi connectivity index (χ0v) is 13.1. The molecule has 120 valence electrons. The molecular weight excluding hydrogens is 350 g/mol. The van der Waals surface area contributed by atoms with Gasteiger partial charge in [-0.25, -0.2) is 9.97 Å². The van der Waals surface area contributed by atoms with Crippen molar-refractivity contribution in [3.63, 3.8) is 0 Å². The molecule has 0 saturated heterocycles. The van der Waals surface area contributed by atoms with Gasteiger partial charge in [0.15, 0.2) is 0 Å². The zero-order valence-electron chi connectivity index (χ0n) is 11.6. The van der Waals surface area contributed by atoms with E-state index in [1.165, 1.54) is 23.9 Å². The molecule has 11 heteroatoms. The van der Waals surface area contributed by atoms with Gasteiger partial charge in [-0.2, -0.15) is 18.1 Å². The molecule has 0 radical (unpaired) electrons. The van der Waals surface area contributed by atoms with Gasteiger partial charge in [0.25, 0.3) is 0 Å². The van der Waals surface area contributed by atoms with Crippen molar-refractivity contribution in [3.05, 3.63) is 35.4 Å². The molecule has 1 atom stereocenters. The average molecular weight is 359 g/mol. The molecule has 3 aromatic heterocycles. The van der Waals surface area contributed by atoms with Gasteiger partial charge in [-0.1, -0.05) is 5.16 Å². The highest BCUT2D eigenvalue weighted by atomic mass is 35.5. The summed E-state index contributed by atoms with van der Waals surface area (Å²) in [5, 5.41) is 4.65. The van der Waals surface area contributed by atoms with Crippen LogP contribution in [-0.4, -0.2) is 24.5 Å². The Kier molecular flexibility index (Phi) is 4.18. The first-order valence-corrected chi connectivity index (χ1v) is 7.55. The number of halogens is 3. The Morgan fingerprint density at radius 1 is 1.35 bits per heavy atom. The molecule has 0 aliphatic heterocycles. The van der Waals surface area contributed by atoms with E-state index in [9.17, 15) is 8.78 Å². The molecule has 0 spiro atoms. The smallest absolute Gasteiger partial charge is 0.346 e. The van der Waals surface area contributed by atoms with E-state index in [2.05, 4.69) is 34.3 Å². The fourth-order valence-electron chi connectivity index (χ4n) is 1.69. The summed E-state index contributed by atoms with van der Waals surface area (Å²) in [5.41, 5.74) is 1.20. The summed E-state index contributed by atoms with van der Waals surface area (Å²) in [7, 11) is 0. The molecule has 3 rings (SSSR count). The molecule has 1 unspecified atom stereocenters. The molecule has 0 fully saturated rings. The zero-order chi connectivity index (χ0) is 16.4. The maximum absolute atomic E-state index is 12.8. The lowest BCUT2D eigenvalue weighted by Crippen LogP contribution is -2.09. The van der Waals surface area contributed by atoms with Crippen molar-refractivity contribution in [2.75, 3.05) is 5.32 Å². The Balaban J connectivity index is 1.73. The number of aromatic nitrogens is 5. The van der Waals surface area contributed by atoms with Crippen LogP contribution in [0, 0.1) is 0 Å². The van der Waals surface area contributed by atoms with E-state index in [0.29, 0.717) is 11.5 Å². The fraction of sp³-hybridized carbons (Fsp3) is 0.250.